The summed E-state index contributed by atoms with van der Waals surface area (Å²) >= 11 is 0. The summed E-state index contributed by atoms with van der Waals surface area (Å²) in [4.78, 5) is 35.0. The number of carbonyl (C=O) groups is 1. The van der Waals surface area contributed by atoms with E-state index < -0.39 is 10.8 Å². The zero-order valence-electron chi connectivity index (χ0n) is 18.7. The van der Waals surface area contributed by atoms with Crippen LogP contribution in [0.1, 0.15) is 35.2 Å². The molecule has 172 valence electrons. The van der Waals surface area contributed by atoms with Gasteiger partial charge in [-0.3, -0.25) is 14.9 Å². The van der Waals surface area contributed by atoms with Crippen molar-refractivity contribution in [3.05, 3.63) is 76.0 Å². The minimum Gasteiger partial charge on any atom is -0.434 e. The molecule has 1 aliphatic heterocycles. The molecule has 4 aromatic rings. The number of aryl methyl sites for hydroxylation is 1. The van der Waals surface area contributed by atoms with Gasteiger partial charge >= 0.3 is 0 Å². The summed E-state index contributed by atoms with van der Waals surface area (Å²) in [5, 5.41) is 14.6. The number of oxazole rings is 1. The molecule has 0 saturated carbocycles. The third-order valence-corrected chi connectivity index (χ3v) is 6.03. The summed E-state index contributed by atoms with van der Waals surface area (Å²) in [6, 6.07) is 13.7. The molecule has 0 aliphatic carbocycles. The predicted octanol–water partition coefficient (Wildman–Crippen LogP) is 5.35. The van der Waals surface area contributed by atoms with E-state index in [1.165, 1.54) is 6.07 Å². The Morgan fingerprint density at radius 2 is 1.94 bits per heavy atom. The van der Waals surface area contributed by atoms with E-state index in [-0.39, 0.29) is 11.3 Å². The number of rotatable bonds is 5. The number of pyridine rings is 1. The first-order valence-electron chi connectivity index (χ1n) is 11.2. The van der Waals surface area contributed by atoms with Crippen LogP contribution in [0.25, 0.3) is 22.7 Å². The number of piperidine rings is 1. The molecular formula is C25H23N5O4. The first kappa shape index (κ1) is 21.6. The number of aromatic nitrogens is 2. The van der Waals surface area contributed by atoms with E-state index in [1.54, 1.807) is 36.5 Å². The molecule has 0 unspecified atom stereocenters. The van der Waals surface area contributed by atoms with Crippen molar-refractivity contribution in [2.24, 2.45) is 0 Å². The van der Waals surface area contributed by atoms with Gasteiger partial charge in [-0.05, 0) is 68.1 Å². The topological polar surface area (TPSA) is 114 Å². The Kier molecular flexibility index (Phi) is 5.67. The maximum Gasteiger partial charge on any atom is 0.293 e. The highest BCUT2D eigenvalue weighted by molar-refractivity contribution is 6.05. The molecule has 1 aliphatic rings. The van der Waals surface area contributed by atoms with Crippen molar-refractivity contribution in [3.63, 3.8) is 0 Å². The van der Waals surface area contributed by atoms with Crippen LogP contribution in [0.4, 0.5) is 17.1 Å². The molecule has 0 radical (unpaired) electrons. The van der Waals surface area contributed by atoms with Gasteiger partial charge in [-0.25, -0.2) is 4.98 Å². The van der Waals surface area contributed by atoms with Crippen LogP contribution in [0, 0.1) is 17.0 Å². The molecule has 0 spiro atoms. The van der Waals surface area contributed by atoms with Crippen LogP contribution in [0.3, 0.4) is 0 Å². The van der Waals surface area contributed by atoms with Crippen LogP contribution < -0.4 is 10.2 Å². The maximum atomic E-state index is 13.0. The summed E-state index contributed by atoms with van der Waals surface area (Å²) in [6.07, 6.45) is 4.78. The van der Waals surface area contributed by atoms with Crippen LogP contribution in [-0.4, -0.2) is 33.9 Å². The maximum absolute atomic E-state index is 13.0. The van der Waals surface area contributed by atoms with Crippen LogP contribution >= 0.6 is 0 Å². The standard InChI is InChI=1S/C25H23N5O4/c1-16-7-8-18(25-28-23-22(34-25)6-5-11-26-23)14-19(16)27-24(31)17-9-10-20(21(15-17)30(32)33)29-12-3-2-4-13-29/h5-11,14-15H,2-4,12-13H2,1H3,(H,27,31). The molecule has 2 aromatic carbocycles. The number of nitro groups is 1. The normalized spacial score (nSPS) is 13.7. The van der Waals surface area contributed by atoms with Crippen molar-refractivity contribution < 1.29 is 14.1 Å². The van der Waals surface area contributed by atoms with Gasteiger partial charge in [0.05, 0.1) is 4.92 Å². The van der Waals surface area contributed by atoms with E-state index >= 15 is 0 Å². The monoisotopic (exact) mass is 457 g/mol. The Labute approximate surface area is 195 Å². The smallest absolute Gasteiger partial charge is 0.293 e. The number of carbonyl (C=O) groups excluding carboxylic acids is 1. The zero-order chi connectivity index (χ0) is 23.7. The lowest BCUT2D eigenvalue weighted by molar-refractivity contribution is -0.384. The van der Waals surface area contributed by atoms with Crippen molar-refractivity contribution in [2.45, 2.75) is 26.2 Å². The number of fused-ring (bicyclic) bond motifs is 1. The molecule has 3 heterocycles. The predicted molar refractivity (Wildman–Crippen MR) is 129 cm³/mol. The summed E-state index contributed by atoms with van der Waals surface area (Å²) in [5.41, 5.74) is 3.90. The average Bonchev–Trinajstić information content (AvgIpc) is 3.30. The second-order valence-corrected chi connectivity index (χ2v) is 8.34. The molecule has 2 aromatic heterocycles. The summed E-state index contributed by atoms with van der Waals surface area (Å²) < 4.78 is 5.79. The third kappa shape index (κ3) is 4.19. The summed E-state index contributed by atoms with van der Waals surface area (Å²) in [5.74, 6) is -0.0292. The highest BCUT2D eigenvalue weighted by Crippen LogP contribution is 2.32. The van der Waals surface area contributed by atoms with Crippen molar-refractivity contribution in [2.75, 3.05) is 23.3 Å². The minimum absolute atomic E-state index is 0.0565. The van der Waals surface area contributed by atoms with Gasteiger partial charge in [-0.15, -0.1) is 0 Å². The number of hydrogen-bond donors (Lipinski definition) is 1. The first-order chi connectivity index (χ1) is 16.5. The molecule has 0 bridgehead atoms. The van der Waals surface area contributed by atoms with E-state index in [2.05, 4.69) is 15.3 Å². The van der Waals surface area contributed by atoms with Crippen LogP contribution in [0.5, 0.6) is 0 Å². The van der Waals surface area contributed by atoms with E-state index in [0.29, 0.717) is 34.1 Å². The average molecular weight is 457 g/mol. The molecule has 0 atom stereocenters. The number of nitrogens with zero attached hydrogens (tertiary/aromatic N) is 4. The largest absolute Gasteiger partial charge is 0.434 e. The molecule has 1 amide bonds. The fraction of sp³-hybridized carbons (Fsp3) is 0.240. The van der Waals surface area contributed by atoms with Gasteiger partial charge in [0.1, 0.15) is 5.69 Å². The Balaban J connectivity index is 1.42. The number of benzene rings is 2. The van der Waals surface area contributed by atoms with Gasteiger partial charge in [-0.1, -0.05) is 6.07 Å². The van der Waals surface area contributed by atoms with Gasteiger partial charge in [-0.2, -0.15) is 4.98 Å². The molecular weight excluding hydrogens is 434 g/mol. The first-order valence-corrected chi connectivity index (χ1v) is 11.2. The molecule has 5 rings (SSSR count). The second-order valence-electron chi connectivity index (χ2n) is 8.34. The lowest BCUT2D eigenvalue weighted by Crippen LogP contribution is -2.30. The van der Waals surface area contributed by atoms with Crippen molar-refractivity contribution in [1.29, 1.82) is 0 Å². The van der Waals surface area contributed by atoms with Crippen LogP contribution in [0.15, 0.2) is 59.1 Å². The van der Waals surface area contributed by atoms with Crippen molar-refractivity contribution >= 4 is 34.2 Å². The van der Waals surface area contributed by atoms with Gasteiger partial charge in [0.2, 0.25) is 5.89 Å². The fourth-order valence-electron chi connectivity index (χ4n) is 4.19. The van der Waals surface area contributed by atoms with Gasteiger partial charge in [0.25, 0.3) is 11.6 Å². The van der Waals surface area contributed by atoms with Crippen molar-refractivity contribution in [3.8, 4) is 11.5 Å². The molecule has 1 N–H and O–H groups in total. The Bertz CT molecular complexity index is 1360. The molecule has 9 nitrogen and oxygen atoms in total. The Morgan fingerprint density at radius 1 is 1.12 bits per heavy atom. The van der Waals surface area contributed by atoms with E-state index in [0.717, 1.165) is 37.9 Å². The SMILES string of the molecule is Cc1ccc(-c2nc3ncccc3o2)cc1NC(=O)c1ccc(N2CCCCC2)c([N+](=O)[O-])c1. The van der Waals surface area contributed by atoms with Gasteiger partial charge < -0.3 is 14.6 Å². The van der Waals surface area contributed by atoms with E-state index in [9.17, 15) is 14.9 Å². The fourth-order valence-corrected chi connectivity index (χ4v) is 4.19. The zero-order valence-corrected chi connectivity index (χ0v) is 18.7. The van der Waals surface area contributed by atoms with Crippen molar-refractivity contribution in [1.82, 2.24) is 9.97 Å². The number of nitro benzene ring substituents is 1. The van der Waals surface area contributed by atoms with Crippen LogP contribution in [-0.2, 0) is 0 Å². The Hall–Kier alpha value is -4.27. The summed E-state index contributed by atoms with van der Waals surface area (Å²) in [6.45, 7) is 3.43. The highest BCUT2D eigenvalue weighted by Gasteiger charge is 2.23. The second kappa shape index (κ2) is 8.93. The van der Waals surface area contributed by atoms with Crippen LogP contribution in [0.2, 0.25) is 0 Å². The molecule has 9 heteroatoms. The molecule has 1 saturated heterocycles. The van der Waals surface area contributed by atoms with E-state index in [1.807, 2.05) is 24.0 Å². The highest BCUT2D eigenvalue weighted by atomic mass is 16.6. The number of amides is 1. The number of hydrogen-bond acceptors (Lipinski definition) is 7. The number of anilines is 2. The lowest BCUT2D eigenvalue weighted by Gasteiger charge is -2.28. The van der Waals surface area contributed by atoms with Gasteiger partial charge in [0.15, 0.2) is 11.2 Å². The van der Waals surface area contributed by atoms with E-state index in [4.69, 9.17) is 4.42 Å². The number of nitrogens with one attached hydrogen (secondary N) is 1. The quantitative estimate of drug-likeness (QED) is 0.317. The van der Waals surface area contributed by atoms with Gasteiger partial charge in [0, 0.05) is 42.2 Å². The lowest BCUT2D eigenvalue weighted by atomic mass is 10.1. The molecule has 1 fully saturated rings. The third-order valence-electron chi connectivity index (χ3n) is 6.03. The molecule has 34 heavy (non-hydrogen) atoms. The summed E-state index contributed by atoms with van der Waals surface area (Å²) in [7, 11) is 0. The Morgan fingerprint density at radius 3 is 2.71 bits per heavy atom. The minimum atomic E-state index is -0.423.